The van der Waals surface area contributed by atoms with E-state index in [0.29, 0.717) is 11.3 Å². The Balaban J connectivity index is 2.32. The number of aryl methyl sites for hydroxylation is 1. The van der Waals surface area contributed by atoms with Gasteiger partial charge >= 0.3 is 0 Å². The molecule has 0 bridgehead atoms. The lowest BCUT2D eigenvalue weighted by atomic mass is 9.79. The Morgan fingerprint density at radius 1 is 1.12 bits per heavy atom. The number of fused-ring (bicyclic) bond motifs is 1. The molecule has 1 N–H and O–H groups in total. The van der Waals surface area contributed by atoms with Crippen LogP contribution in [0.3, 0.4) is 0 Å². The molecule has 1 unspecified atom stereocenters. The Labute approximate surface area is 160 Å². The van der Waals surface area contributed by atoms with Gasteiger partial charge in [0.25, 0.3) is 0 Å². The quantitative estimate of drug-likeness (QED) is 0.607. The van der Waals surface area contributed by atoms with Gasteiger partial charge in [0.05, 0.1) is 16.8 Å². The maximum absolute atomic E-state index is 12.8. The van der Waals surface area contributed by atoms with Crippen LogP contribution < -0.4 is 0 Å². The maximum atomic E-state index is 12.8. The lowest BCUT2D eigenvalue weighted by Crippen LogP contribution is -2.19. The predicted molar refractivity (Wildman–Crippen MR) is 108 cm³/mol. The van der Waals surface area contributed by atoms with Crippen molar-refractivity contribution in [1.29, 1.82) is 0 Å². The molecule has 0 radical (unpaired) electrons. The highest BCUT2D eigenvalue weighted by Crippen LogP contribution is 2.40. The van der Waals surface area contributed by atoms with Gasteiger partial charge < -0.3 is 5.11 Å². The van der Waals surface area contributed by atoms with E-state index in [-0.39, 0.29) is 11.2 Å². The first-order chi connectivity index (χ1) is 12.2. The molecule has 0 saturated carbocycles. The van der Waals surface area contributed by atoms with E-state index in [1.165, 1.54) is 25.7 Å². The first kappa shape index (κ1) is 21.4. The van der Waals surface area contributed by atoms with Crippen LogP contribution in [0.5, 0.6) is 0 Å². The molecule has 1 atom stereocenters. The molecular formula is C22H36O3S. The Morgan fingerprint density at radius 3 is 2.42 bits per heavy atom. The molecule has 148 valence electrons. The third-order valence-electron chi connectivity index (χ3n) is 5.77. The highest BCUT2D eigenvalue weighted by atomic mass is 32.2. The normalized spacial score (nSPS) is 19.6. The molecule has 1 aliphatic rings. The van der Waals surface area contributed by atoms with E-state index in [2.05, 4.69) is 20.8 Å². The molecule has 1 heterocycles. The van der Waals surface area contributed by atoms with Crippen molar-refractivity contribution in [2.24, 2.45) is 0 Å². The number of sulfone groups is 1. The van der Waals surface area contributed by atoms with Crippen LogP contribution >= 0.6 is 0 Å². The second-order valence-corrected chi connectivity index (χ2v) is 10.6. The Kier molecular flexibility index (Phi) is 7.32. The summed E-state index contributed by atoms with van der Waals surface area (Å²) in [6.07, 6.45) is 9.06. The summed E-state index contributed by atoms with van der Waals surface area (Å²) in [5.41, 5.74) is 2.62. The lowest BCUT2D eigenvalue weighted by molar-refractivity contribution is 0.197. The van der Waals surface area contributed by atoms with Crippen LogP contribution in [0.1, 0.15) is 102 Å². The number of rotatable bonds is 8. The van der Waals surface area contributed by atoms with E-state index < -0.39 is 15.9 Å². The van der Waals surface area contributed by atoms with Crippen molar-refractivity contribution < 1.29 is 13.5 Å². The molecule has 0 aromatic heterocycles. The molecule has 1 aliphatic heterocycles. The number of aliphatic hydroxyl groups is 1. The van der Waals surface area contributed by atoms with Gasteiger partial charge in [-0.05, 0) is 60.8 Å². The summed E-state index contributed by atoms with van der Waals surface area (Å²) in [5, 5.41) is 10.3. The minimum Gasteiger partial charge on any atom is -0.389 e. The fraction of sp³-hybridized carbons (Fsp3) is 0.727. The fourth-order valence-electron chi connectivity index (χ4n) is 4.07. The monoisotopic (exact) mass is 380 g/mol. The van der Waals surface area contributed by atoms with Gasteiger partial charge in [-0.25, -0.2) is 8.42 Å². The highest BCUT2D eigenvalue weighted by Gasteiger charge is 2.34. The van der Waals surface area contributed by atoms with E-state index in [4.69, 9.17) is 0 Å². The Bertz CT molecular complexity index is 702. The van der Waals surface area contributed by atoms with E-state index >= 15 is 0 Å². The van der Waals surface area contributed by atoms with Gasteiger partial charge in [-0.15, -0.1) is 0 Å². The summed E-state index contributed by atoms with van der Waals surface area (Å²) in [6.45, 7) is 8.23. The van der Waals surface area contributed by atoms with Crippen LogP contribution in [0.15, 0.2) is 17.0 Å². The first-order valence-corrected chi connectivity index (χ1v) is 11.9. The molecule has 1 aromatic carbocycles. The van der Waals surface area contributed by atoms with Crippen LogP contribution in [-0.2, 0) is 21.7 Å². The molecule has 0 fully saturated rings. The average Bonchev–Trinajstić information content (AvgIpc) is 2.64. The van der Waals surface area contributed by atoms with Crippen molar-refractivity contribution in [2.75, 3.05) is 5.75 Å². The van der Waals surface area contributed by atoms with Gasteiger partial charge in [0, 0.05) is 0 Å². The van der Waals surface area contributed by atoms with Crippen LogP contribution in [0, 0.1) is 0 Å². The second kappa shape index (κ2) is 8.88. The van der Waals surface area contributed by atoms with Gasteiger partial charge in [0.1, 0.15) is 0 Å². The van der Waals surface area contributed by atoms with E-state index in [0.717, 1.165) is 42.4 Å². The zero-order chi connectivity index (χ0) is 19.4. The summed E-state index contributed by atoms with van der Waals surface area (Å²) < 4.78 is 25.6. The molecule has 0 spiro atoms. The van der Waals surface area contributed by atoms with Gasteiger partial charge in [-0.3, -0.25) is 0 Å². The molecule has 0 saturated heterocycles. The van der Waals surface area contributed by atoms with Crippen LogP contribution in [0.2, 0.25) is 0 Å². The first-order valence-electron chi connectivity index (χ1n) is 10.3. The maximum Gasteiger partial charge on any atom is 0.178 e. The molecule has 4 heteroatoms. The highest BCUT2D eigenvalue weighted by molar-refractivity contribution is 7.91. The van der Waals surface area contributed by atoms with Crippen molar-refractivity contribution in [1.82, 2.24) is 0 Å². The number of benzene rings is 1. The lowest BCUT2D eigenvalue weighted by Gasteiger charge is -2.27. The van der Waals surface area contributed by atoms with Gasteiger partial charge in [0.2, 0.25) is 0 Å². The standard InChI is InChI=1S/C22H36O3S/c1-5-6-7-8-9-10-12-18-15-21-20(16-19(18)17(2)23)22(3,4)13-11-14-26(21,24)25/h15-17,23H,5-14H2,1-4H3. The van der Waals surface area contributed by atoms with E-state index in [1.807, 2.05) is 12.1 Å². The Morgan fingerprint density at radius 2 is 1.77 bits per heavy atom. The smallest absolute Gasteiger partial charge is 0.178 e. The molecule has 2 rings (SSSR count). The number of unbranched alkanes of at least 4 members (excludes halogenated alkanes) is 5. The third kappa shape index (κ3) is 5.10. The molecule has 1 aromatic rings. The number of hydrogen-bond donors (Lipinski definition) is 1. The number of aliphatic hydroxyl groups excluding tert-OH is 1. The van der Waals surface area contributed by atoms with Crippen molar-refractivity contribution >= 4 is 9.84 Å². The van der Waals surface area contributed by atoms with Crippen molar-refractivity contribution in [3.05, 3.63) is 28.8 Å². The Hall–Kier alpha value is -0.870. The fourth-order valence-corrected chi connectivity index (χ4v) is 5.81. The van der Waals surface area contributed by atoms with Crippen LogP contribution in [0.4, 0.5) is 0 Å². The zero-order valence-corrected chi connectivity index (χ0v) is 17.8. The van der Waals surface area contributed by atoms with E-state index in [1.54, 1.807) is 6.92 Å². The van der Waals surface area contributed by atoms with Crippen molar-refractivity contribution in [3.8, 4) is 0 Å². The van der Waals surface area contributed by atoms with Crippen molar-refractivity contribution in [2.45, 2.75) is 102 Å². The molecule has 26 heavy (non-hydrogen) atoms. The molecule has 3 nitrogen and oxygen atoms in total. The SMILES string of the molecule is CCCCCCCCc1cc2c(cc1C(C)O)C(C)(C)CCCS2(=O)=O. The minimum atomic E-state index is -3.24. The van der Waals surface area contributed by atoms with Gasteiger partial charge in [0.15, 0.2) is 9.84 Å². The van der Waals surface area contributed by atoms with Crippen LogP contribution in [-0.4, -0.2) is 19.3 Å². The zero-order valence-electron chi connectivity index (χ0n) is 17.0. The number of hydrogen-bond acceptors (Lipinski definition) is 3. The molecular weight excluding hydrogens is 344 g/mol. The largest absolute Gasteiger partial charge is 0.389 e. The molecule has 0 amide bonds. The summed E-state index contributed by atoms with van der Waals surface area (Å²) in [6, 6.07) is 3.86. The van der Waals surface area contributed by atoms with E-state index in [9.17, 15) is 13.5 Å². The average molecular weight is 381 g/mol. The summed E-state index contributed by atoms with van der Waals surface area (Å²) >= 11 is 0. The van der Waals surface area contributed by atoms with Gasteiger partial charge in [-0.2, -0.15) is 0 Å². The van der Waals surface area contributed by atoms with Crippen molar-refractivity contribution in [3.63, 3.8) is 0 Å². The summed E-state index contributed by atoms with van der Waals surface area (Å²) in [5.74, 6) is 0.230. The molecule has 0 aliphatic carbocycles. The summed E-state index contributed by atoms with van der Waals surface area (Å²) in [7, 11) is -3.24. The van der Waals surface area contributed by atoms with Gasteiger partial charge in [-0.1, -0.05) is 58.9 Å². The topological polar surface area (TPSA) is 54.4 Å². The third-order valence-corrected chi connectivity index (χ3v) is 7.60. The predicted octanol–water partition coefficient (Wildman–Crippen LogP) is 5.49. The minimum absolute atomic E-state index is 0.179. The summed E-state index contributed by atoms with van der Waals surface area (Å²) in [4.78, 5) is 0.505. The van der Waals surface area contributed by atoms with Crippen LogP contribution in [0.25, 0.3) is 0 Å². The second-order valence-electron chi connectivity index (χ2n) is 8.55.